The summed E-state index contributed by atoms with van der Waals surface area (Å²) in [4.78, 5) is 11.8. The van der Waals surface area contributed by atoms with Gasteiger partial charge in [-0.15, -0.1) is 0 Å². The summed E-state index contributed by atoms with van der Waals surface area (Å²) in [6, 6.07) is 12.9. The first kappa shape index (κ1) is 17.7. The highest BCUT2D eigenvalue weighted by Crippen LogP contribution is 2.15. The second-order valence-corrected chi connectivity index (χ2v) is 5.18. The molecule has 0 aromatic heterocycles. The van der Waals surface area contributed by atoms with Gasteiger partial charge in [0, 0.05) is 18.7 Å². The first-order chi connectivity index (χ1) is 11.6. The fourth-order valence-corrected chi connectivity index (χ4v) is 2.20. The van der Waals surface area contributed by atoms with Gasteiger partial charge in [-0.3, -0.25) is 0 Å². The Morgan fingerprint density at radius 1 is 1.21 bits per heavy atom. The number of hydrogen-bond donors (Lipinski definition) is 3. The van der Waals surface area contributed by atoms with Crippen LogP contribution in [0.1, 0.15) is 24.2 Å². The van der Waals surface area contributed by atoms with Crippen molar-refractivity contribution in [1.82, 2.24) is 10.6 Å². The van der Waals surface area contributed by atoms with Crippen LogP contribution in [0, 0.1) is 5.82 Å². The fourth-order valence-electron chi connectivity index (χ4n) is 2.20. The van der Waals surface area contributed by atoms with Gasteiger partial charge in [-0.2, -0.15) is 0 Å². The number of urea groups is 1. The number of nitrogens with one attached hydrogen (secondary N) is 2. The van der Waals surface area contributed by atoms with E-state index in [9.17, 15) is 14.3 Å². The van der Waals surface area contributed by atoms with E-state index in [0.29, 0.717) is 13.2 Å². The zero-order chi connectivity index (χ0) is 17.4. The highest BCUT2D eigenvalue weighted by atomic mass is 19.1. The van der Waals surface area contributed by atoms with Crippen LogP contribution in [0.4, 0.5) is 9.18 Å². The van der Waals surface area contributed by atoms with Gasteiger partial charge in [0.25, 0.3) is 0 Å². The number of carbonyl (C=O) groups is 1. The Morgan fingerprint density at radius 2 is 2.00 bits per heavy atom. The van der Waals surface area contributed by atoms with Gasteiger partial charge in [-0.25, -0.2) is 9.18 Å². The Labute approximate surface area is 140 Å². The molecule has 2 aromatic rings. The average molecular weight is 332 g/mol. The van der Waals surface area contributed by atoms with Crippen LogP contribution >= 0.6 is 0 Å². The Bertz CT molecular complexity index is 679. The van der Waals surface area contributed by atoms with Gasteiger partial charge in [0.05, 0.1) is 12.7 Å². The van der Waals surface area contributed by atoms with Crippen molar-refractivity contribution in [2.45, 2.75) is 19.6 Å². The molecule has 5 nitrogen and oxygen atoms in total. The highest BCUT2D eigenvalue weighted by molar-refractivity contribution is 5.73. The van der Waals surface area contributed by atoms with Gasteiger partial charge in [-0.05, 0) is 30.7 Å². The maximum atomic E-state index is 13.5. The summed E-state index contributed by atoms with van der Waals surface area (Å²) in [5.41, 5.74) is 1.05. The van der Waals surface area contributed by atoms with Crippen molar-refractivity contribution in [1.29, 1.82) is 0 Å². The minimum atomic E-state index is -1.10. The topological polar surface area (TPSA) is 70.6 Å². The van der Waals surface area contributed by atoms with E-state index in [1.54, 1.807) is 12.1 Å². The molecule has 0 aliphatic heterocycles. The van der Waals surface area contributed by atoms with Crippen LogP contribution in [0.15, 0.2) is 48.5 Å². The minimum absolute atomic E-state index is 0.0776. The number of amides is 2. The molecule has 0 fully saturated rings. The lowest BCUT2D eigenvalue weighted by Crippen LogP contribution is -2.37. The van der Waals surface area contributed by atoms with Crippen LogP contribution in [0.25, 0.3) is 0 Å². The summed E-state index contributed by atoms with van der Waals surface area (Å²) < 4.78 is 18.9. The van der Waals surface area contributed by atoms with Crippen molar-refractivity contribution in [2.75, 3.05) is 13.2 Å². The molecular formula is C18H21FN2O3. The summed E-state index contributed by atoms with van der Waals surface area (Å²) in [7, 11) is 0. The monoisotopic (exact) mass is 332 g/mol. The van der Waals surface area contributed by atoms with E-state index in [1.807, 2.05) is 31.2 Å². The van der Waals surface area contributed by atoms with Crippen molar-refractivity contribution in [2.24, 2.45) is 0 Å². The normalized spacial score (nSPS) is 11.6. The molecule has 0 saturated carbocycles. The number of hydrogen-bond acceptors (Lipinski definition) is 3. The Morgan fingerprint density at radius 3 is 2.75 bits per heavy atom. The van der Waals surface area contributed by atoms with E-state index >= 15 is 0 Å². The van der Waals surface area contributed by atoms with Crippen LogP contribution in [0.5, 0.6) is 5.75 Å². The van der Waals surface area contributed by atoms with Gasteiger partial charge < -0.3 is 20.5 Å². The van der Waals surface area contributed by atoms with Crippen LogP contribution in [-0.4, -0.2) is 24.3 Å². The highest BCUT2D eigenvalue weighted by Gasteiger charge is 2.13. The lowest BCUT2D eigenvalue weighted by Gasteiger charge is -2.14. The number of halogens is 1. The van der Waals surface area contributed by atoms with Gasteiger partial charge in [0.1, 0.15) is 11.6 Å². The summed E-state index contributed by atoms with van der Waals surface area (Å²) in [5, 5.41) is 15.1. The SMILES string of the molecule is CCOc1cccc(CNC(=O)NCC(O)c2ccccc2F)c1. The summed E-state index contributed by atoms with van der Waals surface area (Å²) in [6.45, 7) is 2.72. The molecule has 1 atom stereocenters. The second kappa shape index (κ2) is 8.88. The number of carbonyl (C=O) groups excluding carboxylic acids is 1. The van der Waals surface area contributed by atoms with E-state index in [2.05, 4.69) is 10.6 Å². The first-order valence-corrected chi connectivity index (χ1v) is 7.76. The molecule has 1 unspecified atom stereocenters. The van der Waals surface area contributed by atoms with Gasteiger partial charge >= 0.3 is 6.03 Å². The fraction of sp³-hybridized carbons (Fsp3) is 0.278. The predicted octanol–water partition coefficient (Wildman–Crippen LogP) is 2.76. The van der Waals surface area contributed by atoms with Crippen molar-refractivity contribution >= 4 is 6.03 Å². The molecular weight excluding hydrogens is 311 g/mol. The molecule has 0 saturated heterocycles. The summed E-state index contributed by atoms with van der Waals surface area (Å²) in [5.74, 6) is 0.243. The molecule has 0 spiro atoms. The molecule has 0 bridgehead atoms. The molecule has 2 aromatic carbocycles. The van der Waals surface area contributed by atoms with E-state index in [4.69, 9.17) is 4.74 Å². The van der Waals surface area contributed by atoms with Crippen molar-refractivity contribution < 1.29 is 19.0 Å². The molecule has 0 heterocycles. The third-order valence-corrected chi connectivity index (χ3v) is 3.38. The summed E-state index contributed by atoms with van der Waals surface area (Å²) >= 11 is 0. The second-order valence-electron chi connectivity index (χ2n) is 5.18. The van der Waals surface area contributed by atoms with Crippen LogP contribution in [-0.2, 0) is 6.54 Å². The smallest absolute Gasteiger partial charge is 0.315 e. The molecule has 128 valence electrons. The Kier molecular flexibility index (Phi) is 6.57. The quantitative estimate of drug-likeness (QED) is 0.730. The maximum Gasteiger partial charge on any atom is 0.315 e. The number of rotatable bonds is 7. The van der Waals surface area contributed by atoms with Gasteiger partial charge in [0.15, 0.2) is 0 Å². The van der Waals surface area contributed by atoms with E-state index in [1.165, 1.54) is 12.1 Å². The van der Waals surface area contributed by atoms with Gasteiger partial charge in [0.2, 0.25) is 0 Å². The van der Waals surface area contributed by atoms with Crippen molar-refractivity contribution in [3.05, 3.63) is 65.5 Å². The molecule has 3 N–H and O–H groups in total. The third kappa shape index (κ3) is 5.24. The molecule has 6 heteroatoms. The zero-order valence-corrected chi connectivity index (χ0v) is 13.5. The van der Waals surface area contributed by atoms with Crippen LogP contribution in [0.2, 0.25) is 0 Å². The van der Waals surface area contributed by atoms with E-state index in [0.717, 1.165) is 11.3 Å². The summed E-state index contributed by atoms with van der Waals surface area (Å²) in [6.07, 6.45) is -1.10. The first-order valence-electron chi connectivity index (χ1n) is 7.76. The van der Waals surface area contributed by atoms with E-state index in [-0.39, 0.29) is 12.1 Å². The standard InChI is InChI=1S/C18H21FN2O3/c1-2-24-14-7-5-6-13(10-14)11-20-18(23)21-12-17(22)15-8-3-4-9-16(15)19/h3-10,17,22H,2,11-12H2,1H3,(H2,20,21,23). The van der Waals surface area contributed by atoms with Crippen molar-refractivity contribution in [3.63, 3.8) is 0 Å². The van der Waals surface area contributed by atoms with Crippen molar-refractivity contribution in [3.8, 4) is 5.75 Å². The molecule has 0 radical (unpaired) electrons. The molecule has 2 rings (SSSR count). The molecule has 0 aliphatic carbocycles. The minimum Gasteiger partial charge on any atom is -0.494 e. The maximum absolute atomic E-state index is 13.5. The lowest BCUT2D eigenvalue weighted by atomic mass is 10.1. The van der Waals surface area contributed by atoms with Crippen LogP contribution < -0.4 is 15.4 Å². The number of aliphatic hydroxyl groups excluding tert-OH is 1. The zero-order valence-electron chi connectivity index (χ0n) is 13.5. The van der Waals surface area contributed by atoms with Gasteiger partial charge in [-0.1, -0.05) is 30.3 Å². The van der Waals surface area contributed by atoms with Crippen LogP contribution in [0.3, 0.4) is 0 Å². The number of ether oxygens (including phenoxy) is 1. The average Bonchev–Trinajstić information content (AvgIpc) is 2.59. The Balaban J connectivity index is 1.79. The third-order valence-electron chi connectivity index (χ3n) is 3.38. The molecule has 0 aliphatic rings. The largest absolute Gasteiger partial charge is 0.494 e. The number of benzene rings is 2. The lowest BCUT2D eigenvalue weighted by molar-refractivity contribution is 0.169. The molecule has 24 heavy (non-hydrogen) atoms. The molecule has 2 amide bonds. The van der Waals surface area contributed by atoms with E-state index < -0.39 is 18.0 Å². The predicted molar refractivity (Wildman–Crippen MR) is 89.2 cm³/mol. The number of aliphatic hydroxyl groups is 1. The Hall–Kier alpha value is -2.60.